The van der Waals surface area contributed by atoms with Crippen molar-refractivity contribution in [1.82, 2.24) is 4.90 Å². The van der Waals surface area contributed by atoms with Gasteiger partial charge >= 0.3 is 12.3 Å². The predicted molar refractivity (Wildman–Crippen MR) is 112 cm³/mol. The Labute approximate surface area is 184 Å². The lowest BCUT2D eigenvalue weighted by Gasteiger charge is -2.42. The molecule has 2 amide bonds. The molecule has 1 atom stereocenters. The van der Waals surface area contributed by atoms with Crippen LogP contribution in [0.15, 0.2) is 18.2 Å². The third kappa shape index (κ3) is 4.37. The number of anilines is 2. The molecule has 1 aromatic rings. The van der Waals surface area contributed by atoms with Crippen LogP contribution in [0.2, 0.25) is 0 Å². The van der Waals surface area contributed by atoms with Crippen LogP contribution in [0.1, 0.15) is 50.5 Å². The number of alkyl halides is 3. The summed E-state index contributed by atoms with van der Waals surface area (Å²) >= 11 is 0. The third-order valence-corrected chi connectivity index (χ3v) is 7.12. The molecule has 4 rings (SSSR count). The number of likely N-dealkylation sites (tertiary alicyclic amines) is 1. The molecule has 32 heavy (non-hydrogen) atoms. The minimum absolute atomic E-state index is 0.0151. The van der Waals surface area contributed by atoms with Gasteiger partial charge in [0.15, 0.2) is 0 Å². The van der Waals surface area contributed by atoms with E-state index in [1.807, 2.05) is 10.2 Å². The average molecular weight is 455 g/mol. The van der Waals surface area contributed by atoms with Gasteiger partial charge in [-0.05, 0) is 63.1 Å². The number of rotatable bonds is 3. The van der Waals surface area contributed by atoms with Crippen molar-refractivity contribution in [1.29, 1.82) is 0 Å². The number of carbonyl (C=O) groups excluding carboxylic acids is 1. The first-order valence-electron chi connectivity index (χ1n) is 11.0. The summed E-state index contributed by atoms with van der Waals surface area (Å²) in [5.74, 6) is 0.0151. The summed E-state index contributed by atoms with van der Waals surface area (Å²) in [4.78, 5) is 27.8. The van der Waals surface area contributed by atoms with E-state index in [1.165, 1.54) is 12.1 Å². The fraction of sp³-hybridized carbons (Fsp3) is 0.636. The van der Waals surface area contributed by atoms with Crippen molar-refractivity contribution >= 4 is 23.4 Å². The Kier molecular flexibility index (Phi) is 6.00. The van der Waals surface area contributed by atoms with Gasteiger partial charge in [0.2, 0.25) is 5.91 Å². The fourth-order valence-electron chi connectivity index (χ4n) is 5.52. The highest BCUT2D eigenvalue weighted by Crippen LogP contribution is 2.46. The van der Waals surface area contributed by atoms with Crippen LogP contribution in [-0.4, -0.2) is 58.9 Å². The van der Waals surface area contributed by atoms with Crippen molar-refractivity contribution in [3.8, 4) is 0 Å². The quantitative estimate of drug-likeness (QED) is 0.643. The number of piperidine rings is 1. The number of aliphatic hydroxyl groups excluding tert-OH is 1. The Morgan fingerprint density at radius 1 is 1.12 bits per heavy atom. The van der Waals surface area contributed by atoms with E-state index in [2.05, 4.69) is 0 Å². The highest BCUT2D eigenvalue weighted by molar-refractivity contribution is 5.87. The Balaban J connectivity index is 1.56. The number of hydrogen-bond acceptors (Lipinski definition) is 4. The lowest BCUT2D eigenvalue weighted by Crippen LogP contribution is -2.50. The van der Waals surface area contributed by atoms with E-state index in [1.54, 1.807) is 4.90 Å². The van der Waals surface area contributed by atoms with Crippen molar-refractivity contribution in [3.05, 3.63) is 23.8 Å². The highest BCUT2D eigenvalue weighted by atomic mass is 19.4. The van der Waals surface area contributed by atoms with E-state index in [0.717, 1.165) is 18.9 Å². The molecule has 1 unspecified atom stereocenters. The minimum atomic E-state index is -4.66. The second-order valence-corrected chi connectivity index (χ2v) is 9.18. The maximum absolute atomic E-state index is 13.8. The summed E-state index contributed by atoms with van der Waals surface area (Å²) in [5.41, 5.74) is -1.79. The zero-order valence-electron chi connectivity index (χ0n) is 17.7. The Hall–Kier alpha value is -2.49. The van der Waals surface area contributed by atoms with Gasteiger partial charge in [0, 0.05) is 37.1 Å². The molecule has 10 heteroatoms. The van der Waals surface area contributed by atoms with Crippen LogP contribution in [0.4, 0.5) is 29.3 Å². The van der Waals surface area contributed by atoms with Gasteiger partial charge in [-0.2, -0.15) is 13.2 Å². The number of nitrogens with one attached hydrogen (secondary N) is 1. The lowest BCUT2D eigenvalue weighted by atomic mass is 9.78. The summed E-state index contributed by atoms with van der Waals surface area (Å²) < 4.78 is 41.4. The van der Waals surface area contributed by atoms with Crippen LogP contribution in [0.25, 0.3) is 0 Å². The molecule has 0 bridgehead atoms. The molecule has 0 radical (unpaired) electrons. The highest BCUT2D eigenvalue weighted by Gasteiger charge is 2.51. The topological polar surface area (TPSA) is 93.1 Å². The number of nitrogens with zero attached hydrogens (tertiary/aromatic N) is 2. The van der Waals surface area contributed by atoms with E-state index in [0.29, 0.717) is 45.2 Å². The second kappa shape index (κ2) is 8.46. The standard InChI is InChI=1S/C22H28F3N3O4/c23-22(24,25)17-12-14(26-20(31)32)2-7-18(17)27-10-1-8-21(13-27)9-11-28(19(21)30)15-3-5-16(29)6-4-15/h2,7,12,15-16,26,29H,1,3-6,8-11,13H2,(H,31,32)/t15-,16-,21?. The van der Waals surface area contributed by atoms with Crippen LogP contribution in [0.3, 0.4) is 0 Å². The van der Waals surface area contributed by atoms with E-state index in [-0.39, 0.29) is 36.0 Å². The van der Waals surface area contributed by atoms with E-state index >= 15 is 0 Å². The smallest absolute Gasteiger partial charge is 0.418 e. The molecule has 3 fully saturated rings. The van der Waals surface area contributed by atoms with Crippen LogP contribution < -0.4 is 10.2 Å². The van der Waals surface area contributed by atoms with Gasteiger partial charge in [0.05, 0.1) is 17.1 Å². The zero-order chi connectivity index (χ0) is 23.1. The molecule has 1 saturated carbocycles. The first-order chi connectivity index (χ1) is 15.1. The third-order valence-electron chi connectivity index (χ3n) is 7.12. The maximum Gasteiger partial charge on any atom is 0.418 e. The first kappa shape index (κ1) is 22.7. The van der Waals surface area contributed by atoms with Crippen LogP contribution >= 0.6 is 0 Å². The summed E-state index contributed by atoms with van der Waals surface area (Å²) in [6, 6.07) is 3.50. The average Bonchev–Trinajstić information content (AvgIpc) is 3.03. The SMILES string of the molecule is O=C(O)Nc1ccc(N2CCCC3(CCN([C@H]4CC[C@H](O)CC4)C3=O)C2)c(C(F)(F)F)c1. The Bertz CT molecular complexity index is 886. The number of carboxylic acid groups (broad SMARTS) is 1. The van der Waals surface area contributed by atoms with Crippen molar-refractivity contribution < 1.29 is 33.0 Å². The monoisotopic (exact) mass is 455 g/mol. The van der Waals surface area contributed by atoms with Crippen molar-refractivity contribution in [2.45, 2.75) is 63.3 Å². The molecule has 1 aliphatic carbocycles. The summed E-state index contributed by atoms with van der Waals surface area (Å²) in [7, 11) is 0. The summed E-state index contributed by atoms with van der Waals surface area (Å²) in [5, 5.41) is 20.6. The van der Waals surface area contributed by atoms with E-state index < -0.39 is 23.2 Å². The van der Waals surface area contributed by atoms with Crippen LogP contribution in [-0.2, 0) is 11.0 Å². The number of amides is 2. The number of aliphatic hydroxyl groups is 1. The minimum Gasteiger partial charge on any atom is -0.465 e. The Morgan fingerprint density at radius 3 is 2.50 bits per heavy atom. The number of hydrogen-bond donors (Lipinski definition) is 3. The normalized spacial score (nSPS) is 28.9. The molecule has 7 nitrogen and oxygen atoms in total. The fourth-order valence-corrected chi connectivity index (χ4v) is 5.52. The van der Waals surface area contributed by atoms with Crippen molar-refractivity contribution in [2.75, 3.05) is 29.9 Å². The molecule has 3 N–H and O–H groups in total. The number of halogens is 3. The van der Waals surface area contributed by atoms with Gasteiger partial charge in [0.1, 0.15) is 0 Å². The van der Waals surface area contributed by atoms with Crippen molar-refractivity contribution in [3.63, 3.8) is 0 Å². The van der Waals surface area contributed by atoms with Crippen molar-refractivity contribution in [2.24, 2.45) is 5.41 Å². The molecule has 2 saturated heterocycles. The maximum atomic E-state index is 13.8. The second-order valence-electron chi connectivity index (χ2n) is 9.18. The molecular formula is C22H28F3N3O4. The largest absolute Gasteiger partial charge is 0.465 e. The molecule has 3 aliphatic rings. The van der Waals surface area contributed by atoms with Gasteiger partial charge in [-0.1, -0.05) is 0 Å². The molecular weight excluding hydrogens is 427 g/mol. The number of carbonyl (C=O) groups is 2. The summed E-state index contributed by atoms with van der Waals surface area (Å²) in [6.45, 7) is 1.22. The van der Waals surface area contributed by atoms with Gasteiger partial charge < -0.3 is 20.0 Å². The first-order valence-corrected chi connectivity index (χ1v) is 11.0. The molecule has 2 aliphatic heterocycles. The number of benzene rings is 1. The van der Waals surface area contributed by atoms with Gasteiger partial charge in [-0.3, -0.25) is 10.1 Å². The molecule has 0 aromatic heterocycles. The summed E-state index contributed by atoms with van der Waals surface area (Å²) in [6.07, 6.45) is -1.71. The lowest BCUT2D eigenvalue weighted by molar-refractivity contribution is -0.139. The molecule has 176 valence electrons. The molecule has 1 spiro atoms. The molecule has 2 heterocycles. The molecule has 1 aromatic carbocycles. The predicted octanol–water partition coefficient (Wildman–Crippen LogP) is 3.92. The Morgan fingerprint density at radius 2 is 1.84 bits per heavy atom. The zero-order valence-corrected chi connectivity index (χ0v) is 17.7. The van der Waals surface area contributed by atoms with Crippen LogP contribution in [0, 0.1) is 5.41 Å². The van der Waals surface area contributed by atoms with E-state index in [9.17, 15) is 27.9 Å². The van der Waals surface area contributed by atoms with Gasteiger partial charge in [-0.15, -0.1) is 0 Å². The van der Waals surface area contributed by atoms with Gasteiger partial charge in [-0.25, -0.2) is 4.79 Å². The van der Waals surface area contributed by atoms with Crippen LogP contribution in [0.5, 0.6) is 0 Å². The van der Waals surface area contributed by atoms with E-state index in [4.69, 9.17) is 5.11 Å². The van der Waals surface area contributed by atoms with Gasteiger partial charge in [0.25, 0.3) is 0 Å².